The molecule has 9 heteroatoms. The molecule has 1 aromatic carbocycles. The molecule has 0 saturated heterocycles. The Morgan fingerprint density at radius 3 is 2.54 bits per heavy atom. The second kappa shape index (κ2) is 6.64. The number of carbonyl (C=O) groups excluding carboxylic acids is 1. The molecule has 1 aliphatic rings. The molecule has 0 aliphatic carbocycles. The van der Waals surface area contributed by atoms with Crippen LogP contribution in [0.25, 0.3) is 0 Å². The summed E-state index contributed by atoms with van der Waals surface area (Å²) in [5.74, 6) is 4.78. The number of nitrogens with one attached hydrogen (secondary N) is 2. The van der Waals surface area contributed by atoms with Crippen LogP contribution < -0.4 is 16.6 Å². The zero-order chi connectivity index (χ0) is 19.1. The Morgan fingerprint density at radius 2 is 2.00 bits per heavy atom. The maximum absolute atomic E-state index is 13.6. The van der Waals surface area contributed by atoms with Gasteiger partial charge in [0.15, 0.2) is 11.7 Å². The van der Waals surface area contributed by atoms with Gasteiger partial charge in [0.05, 0.1) is 6.04 Å². The molecule has 26 heavy (non-hydrogen) atoms. The van der Waals surface area contributed by atoms with E-state index in [4.69, 9.17) is 5.84 Å². The van der Waals surface area contributed by atoms with E-state index in [9.17, 15) is 18.0 Å². The molecule has 0 unspecified atom stereocenters. The topological polar surface area (TPSA) is 85.0 Å². The van der Waals surface area contributed by atoms with Gasteiger partial charge in [0.25, 0.3) is 5.91 Å². The van der Waals surface area contributed by atoms with Crippen LogP contribution in [0.4, 0.5) is 19.0 Å². The molecule has 6 nitrogen and oxygen atoms in total. The maximum atomic E-state index is 13.6. The molecule has 0 saturated carbocycles. The lowest BCUT2D eigenvalue weighted by Gasteiger charge is -2.33. The lowest BCUT2D eigenvalue weighted by Crippen LogP contribution is -2.36. The third-order valence-corrected chi connectivity index (χ3v) is 4.56. The minimum absolute atomic E-state index is 0.134. The number of fused-ring (bicyclic) bond motifs is 1. The average molecular weight is 367 g/mol. The minimum atomic E-state index is -4.49. The summed E-state index contributed by atoms with van der Waals surface area (Å²) in [6.45, 7) is 4.10. The first kappa shape index (κ1) is 18.2. The lowest BCUT2D eigenvalue weighted by molar-refractivity contribution is -0.173. The molecule has 2 heterocycles. The van der Waals surface area contributed by atoms with Crippen LogP contribution >= 0.6 is 0 Å². The van der Waals surface area contributed by atoms with Crippen molar-refractivity contribution < 1.29 is 18.0 Å². The summed E-state index contributed by atoms with van der Waals surface area (Å²) >= 11 is 0. The number of halogens is 3. The number of hydrogen-bond donors (Lipinski definition) is 3. The number of benzene rings is 1. The maximum Gasteiger partial charge on any atom is 0.410 e. The fraction of sp³-hybridized carbons (Fsp3) is 0.412. The minimum Gasteiger partial charge on any atom is -0.363 e. The van der Waals surface area contributed by atoms with E-state index < -0.39 is 24.2 Å². The fourth-order valence-electron chi connectivity index (χ4n) is 3.09. The Bertz CT molecular complexity index is 798. The first-order valence-electron chi connectivity index (χ1n) is 8.24. The third-order valence-electron chi connectivity index (χ3n) is 4.56. The Balaban J connectivity index is 1.96. The highest BCUT2D eigenvalue weighted by molar-refractivity contribution is 5.92. The molecule has 4 N–H and O–H groups in total. The van der Waals surface area contributed by atoms with Crippen LogP contribution in [0.1, 0.15) is 59.9 Å². The Labute approximate surface area is 148 Å². The summed E-state index contributed by atoms with van der Waals surface area (Å²) in [6, 6.07) is 6.41. The number of hydrogen-bond acceptors (Lipinski definition) is 4. The van der Waals surface area contributed by atoms with Crippen LogP contribution in [0, 0.1) is 0 Å². The van der Waals surface area contributed by atoms with Crippen molar-refractivity contribution in [2.45, 2.75) is 44.4 Å². The van der Waals surface area contributed by atoms with Gasteiger partial charge < -0.3 is 5.32 Å². The number of hydrazine groups is 1. The number of nitrogens with zero attached hydrogens (tertiary/aromatic N) is 2. The largest absolute Gasteiger partial charge is 0.410 e. The van der Waals surface area contributed by atoms with Crippen LogP contribution in [0.15, 0.2) is 30.3 Å². The summed E-state index contributed by atoms with van der Waals surface area (Å²) in [4.78, 5) is 11.6. The van der Waals surface area contributed by atoms with Crippen LogP contribution in [0.5, 0.6) is 0 Å². The number of alkyl halides is 3. The van der Waals surface area contributed by atoms with Crippen LogP contribution in [0.2, 0.25) is 0 Å². The third kappa shape index (κ3) is 3.39. The van der Waals surface area contributed by atoms with Crippen molar-refractivity contribution in [3.63, 3.8) is 0 Å². The van der Waals surface area contributed by atoms with Crippen LogP contribution in [-0.4, -0.2) is 21.9 Å². The van der Waals surface area contributed by atoms with Crippen molar-refractivity contribution in [2.75, 3.05) is 5.32 Å². The van der Waals surface area contributed by atoms with E-state index in [1.807, 2.05) is 29.7 Å². The number of rotatable bonds is 3. The monoisotopic (exact) mass is 367 g/mol. The number of nitrogen functional groups attached to an aromatic ring is 1. The van der Waals surface area contributed by atoms with Crippen LogP contribution in [-0.2, 0) is 0 Å². The Kier molecular flexibility index (Phi) is 4.66. The first-order valence-corrected chi connectivity index (χ1v) is 8.24. The van der Waals surface area contributed by atoms with E-state index in [-0.39, 0.29) is 17.9 Å². The Morgan fingerprint density at radius 1 is 1.35 bits per heavy atom. The molecule has 0 spiro atoms. The fourth-order valence-corrected chi connectivity index (χ4v) is 3.09. The van der Waals surface area contributed by atoms with Gasteiger partial charge in [-0.2, -0.15) is 18.3 Å². The summed E-state index contributed by atoms with van der Waals surface area (Å²) in [5.41, 5.74) is 3.58. The second-order valence-electron chi connectivity index (χ2n) is 6.64. The molecule has 2 aromatic rings. The van der Waals surface area contributed by atoms with E-state index in [0.717, 1.165) is 15.8 Å². The number of carbonyl (C=O) groups is 1. The quantitative estimate of drug-likeness (QED) is 0.442. The molecule has 2 atom stereocenters. The molecule has 1 aliphatic heterocycles. The molecule has 140 valence electrons. The predicted octanol–water partition coefficient (Wildman–Crippen LogP) is 3.27. The van der Waals surface area contributed by atoms with Crippen molar-refractivity contribution in [3.8, 4) is 0 Å². The SMILES string of the molecule is CC(C)c1ccc([C@@H]2C[C@H](C(F)(F)F)n3nc(C(=O)NN)cc3N2)cc1. The molecule has 0 bridgehead atoms. The molecule has 1 aromatic heterocycles. The number of amides is 1. The van der Waals surface area contributed by atoms with Gasteiger partial charge in [0, 0.05) is 12.5 Å². The van der Waals surface area contributed by atoms with E-state index in [0.29, 0.717) is 5.92 Å². The summed E-state index contributed by atoms with van der Waals surface area (Å²) in [6.07, 6.45) is -4.71. The first-order chi connectivity index (χ1) is 12.2. The molecule has 1 amide bonds. The van der Waals surface area contributed by atoms with Gasteiger partial charge in [-0.3, -0.25) is 10.2 Å². The standard InChI is InChI=1S/C17H20F3N5O/c1-9(2)10-3-5-11(6-4-10)12-7-14(17(18,19)20)25-15(22-12)8-13(24-25)16(26)23-21/h3-6,8-9,12,14,22H,7,21H2,1-2H3,(H,23,26)/t12-,14+/m0/s1. The van der Waals surface area contributed by atoms with Gasteiger partial charge in [0.2, 0.25) is 0 Å². The van der Waals surface area contributed by atoms with Crippen molar-refractivity contribution in [2.24, 2.45) is 5.84 Å². The van der Waals surface area contributed by atoms with Crippen molar-refractivity contribution >= 4 is 11.7 Å². The highest BCUT2D eigenvalue weighted by Gasteiger charge is 2.46. The zero-order valence-corrected chi connectivity index (χ0v) is 14.3. The van der Waals surface area contributed by atoms with Gasteiger partial charge in [-0.25, -0.2) is 10.5 Å². The van der Waals surface area contributed by atoms with Crippen molar-refractivity contribution in [1.29, 1.82) is 0 Å². The summed E-state index contributed by atoms with van der Waals surface area (Å²) in [5, 5.41) is 6.82. The predicted molar refractivity (Wildman–Crippen MR) is 90.5 cm³/mol. The van der Waals surface area contributed by atoms with E-state index >= 15 is 0 Å². The highest BCUT2D eigenvalue weighted by Crippen LogP contribution is 2.43. The van der Waals surface area contributed by atoms with E-state index in [1.54, 1.807) is 0 Å². The summed E-state index contributed by atoms with van der Waals surface area (Å²) < 4.78 is 41.5. The van der Waals surface area contributed by atoms with Gasteiger partial charge in [-0.15, -0.1) is 0 Å². The molecular formula is C17H20F3N5O. The Hall–Kier alpha value is -2.55. The van der Waals surface area contributed by atoms with Crippen LogP contribution in [0.3, 0.4) is 0 Å². The normalized spacial score (nSPS) is 19.8. The van der Waals surface area contributed by atoms with Gasteiger partial charge in [-0.05, 0) is 17.0 Å². The highest BCUT2D eigenvalue weighted by atomic mass is 19.4. The van der Waals surface area contributed by atoms with Gasteiger partial charge in [0.1, 0.15) is 5.82 Å². The lowest BCUT2D eigenvalue weighted by atomic mass is 9.94. The van der Waals surface area contributed by atoms with E-state index in [1.165, 1.54) is 6.07 Å². The smallest absolute Gasteiger partial charge is 0.363 e. The molecule has 0 fully saturated rings. The van der Waals surface area contributed by atoms with Gasteiger partial charge >= 0.3 is 6.18 Å². The average Bonchev–Trinajstić information content (AvgIpc) is 3.03. The molecule has 3 rings (SSSR count). The van der Waals surface area contributed by atoms with E-state index in [2.05, 4.69) is 24.3 Å². The second-order valence-corrected chi connectivity index (χ2v) is 6.64. The molecule has 0 radical (unpaired) electrons. The van der Waals surface area contributed by atoms with Crippen molar-refractivity contribution in [3.05, 3.63) is 47.2 Å². The number of anilines is 1. The summed E-state index contributed by atoms with van der Waals surface area (Å²) in [7, 11) is 0. The van der Waals surface area contributed by atoms with Gasteiger partial charge in [-0.1, -0.05) is 38.1 Å². The molecular weight excluding hydrogens is 347 g/mol. The van der Waals surface area contributed by atoms with Crippen molar-refractivity contribution in [1.82, 2.24) is 15.2 Å². The number of aromatic nitrogens is 2. The number of nitrogens with two attached hydrogens (primary N) is 1. The zero-order valence-electron chi connectivity index (χ0n) is 14.3.